The first kappa shape index (κ1) is 13.6. The highest BCUT2D eigenvalue weighted by molar-refractivity contribution is 5.88. The van der Waals surface area contributed by atoms with Crippen molar-refractivity contribution in [2.75, 3.05) is 20.2 Å². The van der Waals surface area contributed by atoms with Crippen LogP contribution in [0.1, 0.15) is 14.4 Å². The normalized spacial score (nSPS) is 22.3. The van der Waals surface area contributed by atoms with Crippen molar-refractivity contribution in [2.45, 2.75) is 14.4 Å². The fourth-order valence-electron chi connectivity index (χ4n) is 1.22. The van der Waals surface area contributed by atoms with E-state index in [2.05, 4.69) is 11.6 Å². The van der Waals surface area contributed by atoms with E-state index in [1.807, 2.05) is 13.2 Å². The molecule has 0 saturated heterocycles. The average Bonchev–Trinajstić information content (AvgIpc) is 2.52. The molecular formula is C11H19N2O2+. The van der Waals surface area contributed by atoms with Crippen molar-refractivity contribution in [1.82, 2.24) is 0 Å². The van der Waals surface area contributed by atoms with E-state index in [4.69, 9.17) is 4.74 Å². The quantitative estimate of drug-likeness (QED) is 0.403. The molecule has 0 bridgehead atoms. The monoisotopic (exact) mass is 211 g/mol. The first-order chi connectivity index (χ1) is 6.57. The molecule has 0 aromatic heterocycles. The molecule has 0 aromatic rings. The van der Waals surface area contributed by atoms with Gasteiger partial charge in [0.25, 0.3) is 0 Å². The standard InChI is InChI=1S/C10H15N2O2.CH4/c1-4-14-10(13)9(2)7-12(3)6-5-11-8-12;/h5-6,8H,2,4,7H2,1,3H3;1H4/q+1;. The van der Waals surface area contributed by atoms with Gasteiger partial charge in [-0.25, -0.2) is 9.79 Å². The Bertz CT molecular complexity index is 294. The highest BCUT2D eigenvalue weighted by Crippen LogP contribution is 2.11. The van der Waals surface area contributed by atoms with Crippen LogP contribution in [0.2, 0.25) is 0 Å². The molecule has 1 aliphatic heterocycles. The van der Waals surface area contributed by atoms with Gasteiger partial charge >= 0.3 is 5.97 Å². The maximum atomic E-state index is 11.3. The van der Waals surface area contributed by atoms with E-state index in [0.29, 0.717) is 23.2 Å². The molecule has 15 heavy (non-hydrogen) atoms. The van der Waals surface area contributed by atoms with Crippen molar-refractivity contribution in [3.05, 3.63) is 24.6 Å². The number of quaternary nitrogens is 1. The molecule has 1 heterocycles. The Hall–Kier alpha value is -1.42. The lowest BCUT2D eigenvalue weighted by Crippen LogP contribution is -2.38. The van der Waals surface area contributed by atoms with Crippen molar-refractivity contribution < 1.29 is 14.0 Å². The molecule has 1 aliphatic rings. The van der Waals surface area contributed by atoms with E-state index in [-0.39, 0.29) is 13.4 Å². The molecule has 1 atom stereocenters. The molecule has 0 N–H and O–H groups in total. The van der Waals surface area contributed by atoms with Crippen LogP contribution in [-0.2, 0) is 9.53 Å². The number of rotatable bonds is 4. The summed E-state index contributed by atoms with van der Waals surface area (Å²) in [5.74, 6) is -0.333. The van der Waals surface area contributed by atoms with Gasteiger partial charge in [0.05, 0.1) is 25.4 Å². The van der Waals surface area contributed by atoms with Gasteiger partial charge in [-0.1, -0.05) is 14.0 Å². The van der Waals surface area contributed by atoms with Gasteiger partial charge in [-0.3, -0.25) is 4.48 Å². The first-order valence-corrected chi connectivity index (χ1v) is 4.49. The molecule has 0 amide bonds. The summed E-state index contributed by atoms with van der Waals surface area (Å²) in [6, 6.07) is 0. The number of hydrogen-bond donors (Lipinski definition) is 0. The van der Waals surface area contributed by atoms with Crippen LogP contribution in [0.4, 0.5) is 0 Å². The van der Waals surface area contributed by atoms with E-state index in [9.17, 15) is 4.79 Å². The summed E-state index contributed by atoms with van der Waals surface area (Å²) in [4.78, 5) is 15.2. The van der Waals surface area contributed by atoms with Crippen LogP contribution in [0.25, 0.3) is 0 Å². The molecule has 0 fully saturated rings. The lowest BCUT2D eigenvalue weighted by Gasteiger charge is -2.21. The minimum absolute atomic E-state index is 0. The van der Waals surface area contributed by atoms with Gasteiger partial charge in [0.15, 0.2) is 6.34 Å². The van der Waals surface area contributed by atoms with Gasteiger partial charge in [0.2, 0.25) is 0 Å². The van der Waals surface area contributed by atoms with E-state index < -0.39 is 0 Å². The van der Waals surface area contributed by atoms with E-state index in [1.54, 1.807) is 19.5 Å². The second-order valence-corrected chi connectivity index (χ2v) is 3.39. The summed E-state index contributed by atoms with van der Waals surface area (Å²) in [5.41, 5.74) is 0.465. The Morgan fingerprint density at radius 3 is 2.73 bits per heavy atom. The number of nitrogens with zero attached hydrogens (tertiary/aromatic N) is 2. The maximum absolute atomic E-state index is 11.3. The summed E-state index contributed by atoms with van der Waals surface area (Å²) in [5, 5.41) is 0. The van der Waals surface area contributed by atoms with Crippen molar-refractivity contribution >= 4 is 12.3 Å². The largest absolute Gasteiger partial charge is 0.462 e. The fraction of sp³-hybridized carbons (Fsp3) is 0.455. The number of hydrogen-bond acceptors (Lipinski definition) is 3. The summed E-state index contributed by atoms with van der Waals surface area (Å²) >= 11 is 0. The molecule has 0 saturated carbocycles. The van der Waals surface area contributed by atoms with Crippen molar-refractivity contribution in [3.8, 4) is 0 Å². The second kappa shape index (κ2) is 5.46. The van der Waals surface area contributed by atoms with E-state index >= 15 is 0 Å². The predicted octanol–water partition coefficient (Wildman–Crippen LogP) is 1.70. The van der Waals surface area contributed by atoms with Crippen molar-refractivity contribution in [2.24, 2.45) is 4.99 Å². The number of ether oxygens (including phenoxy) is 1. The average molecular weight is 211 g/mol. The van der Waals surface area contributed by atoms with Gasteiger partial charge in [0, 0.05) is 0 Å². The fourth-order valence-corrected chi connectivity index (χ4v) is 1.22. The van der Waals surface area contributed by atoms with Crippen LogP contribution in [0.15, 0.2) is 29.5 Å². The highest BCUT2D eigenvalue weighted by Gasteiger charge is 2.24. The zero-order valence-electron chi connectivity index (χ0n) is 8.56. The summed E-state index contributed by atoms with van der Waals surface area (Å²) < 4.78 is 5.31. The zero-order chi connectivity index (χ0) is 10.6. The minimum Gasteiger partial charge on any atom is -0.462 e. The topological polar surface area (TPSA) is 38.7 Å². The second-order valence-electron chi connectivity index (χ2n) is 3.39. The Balaban J connectivity index is 0.00000196. The number of esters is 1. The number of likely N-dealkylation sites (N-methyl/N-ethyl adjacent to an activating group) is 1. The van der Waals surface area contributed by atoms with Crippen LogP contribution in [0, 0.1) is 0 Å². The van der Waals surface area contributed by atoms with Crippen molar-refractivity contribution in [3.63, 3.8) is 0 Å². The van der Waals surface area contributed by atoms with Crippen LogP contribution < -0.4 is 0 Å². The lowest BCUT2D eigenvalue weighted by molar-refractivity contribution is -0.750. The third-order valence-electron chi connectivity index (χ3n) is 1.92. The Morgan fingerprint density at radius 1 is 1.60 bits per heavy atom. The molecule has 4 nitrogen and oxygen atoms in total. The molecule has 0 spiro atoms. The molecule has 1 rings (SSSR count). The lowest BCUT2D eigenvalue weighted by atomic mass is 10.2. The van der Waals surface area contributed by atoms with E-state index in [1.165, 1.54) is 0 Å². The Kier molecular flexibility index (Phi) is 4.94. The molecular weight excluding hydrogens is 192 g/mol. The molecule has 0 aliphatic carbocycles. The molecule has 0 aromatic carbocycles. The Morgan fingerprint density at radius 2 is 2.27 bits per heavy atom. The molecule has 1 unspecified atom stereocenters. The van der Waals surface area contributed by atoms with Crippen LogP contribution in [0.3, 0.4) is 0 Å². The van der Waals surface area contributed by atoms with Crippen LogP contribution >= 0.6 is 0 Å². The van der Waals surface area contributed by atoms with Crippen LogP contribution in [0.5, 0.6) is 0 Å². The van der Waals surface area contributed by atoms with Crippen molar-refractivity contribution in [1.29, 1.82) is 0 Å². The van der Waals surface area contributed by atoms with Gasteiger partial charge in [0.1, 0.15) is 12.7 Å². The van der Waals surface area contributed by atoms with E-state index in [0.717, 1.165) is 0 Å². The van der Waals surface area contributed by atoms with Gasteiger partial charge in [-0.2, -0.15) is 0 Å². The molecule has 4 heteroatoms. The summed E-state index contributed by atoms with van der Waals surface area (Å²) in [6.07, 6.45) is 5.35. The summed E-state index contributed by atoms with van der Waals surface area (Å²) in [7, 11) is 1.94. The SMILES string of the molecule is C.C=C(C[N+]1(C)C=CN=C1)C(=O)OCC. The molecule has 0 radical (unpaired) electrons. The third kappa shape index (κ3) is 3.67. The predicted molar refractivity (Wildman–Crippen MR) is 61.2 cm³/mol. The number of aliphatic imine (C=N–C) groups is 1. The Labute approximate surface area is 91.1 Å². The molecule has 84 valence electrons. The zero-order valence-corrected chi connectivity index (χ0v) is 8.56. The smallest absolute Gasteiger partial charge is 0.339 e. The number of carbonyl (C=O) groups is 1. The van der Waals surface area contributed by atoms with Gasteiger partial charge in [-0.05, 0) is 6.92 Å². The first-order valence-electron chi connectivity index (χ1n) is 4.49. The highest BCUT2D eigenvalue weighted by atomic mass is 16.5. The van der Waals surface area contributed by atoms with Gasteiger partial charge < -0.3 is 4.74 Å². The summed E-state index contributed by atoms with van der Waals surface area (Å²) in [6.45, 7) is 6.35. The van der Waals surface area contributed by atoms with Gasteiger partial charge in [-0.15, -0.1) is 0 Å². The number of carbonyl (C=O) groups excluding carboxylic acids is 1. The third-order valence-corrected chi connectivity index (χ3v) is 1.92. The maximum Gasteiger partial charge on any atom is 0.339 e. The minimum atomic E-state index is -0.333. The van der Waals surface area contributed by atoms with Crippen LogP contribution in [-0.4, -0.2) is 37.0 Å².